The summed E-state index contributed by atoms with van der Waals surface area (Å²) in [7, 11) is -10.0. The average Bonchev–Trinajstić information content (AvgIpc) is 0.898. The first kappa shape index (κ1) is 106. The normalized spacial score (nSPS) is 14.8. The van der Waals surface area contributed by atoms with Gasteiger partial charge < -0.3 is 33.8 Å². The van der Waals surface area contributed by atoms with Gasteiger partial charge in [-0.2, -0.15) is 0 Å². The molecule has 112 heavy (non-hydrogen) atoms. The Morgan fingerprint density at radius 1 is 0.250 bits per heavy atom. The molecule has 0 aromatic heterocycles. The predicted octanol–water partition coefficient (Wildman–Crippen LogP) is 25.4. The van der Waals surface area contributed by atoms with Crippen molar-refractivity contribution < 1.29 is 80.2 Å². The summed E-state index contributed by atoms with van der Waals surface area (Å²) in [4.78, 5) is 73.3. The van der Waals surface area contributed by atoms with E-state index in [2.05, 4.69) is 216 Å². The van der Waals surface area contributed by atoms with Crippen LogP contribution in [0.15, 0.2) is 207 Å². The van der Waals surface area contributed by atoms with Crippen LogP contribution in [0.2, 0.25) is 0 Å². The van der Waals surface area contributed by atoms with Crippen LogP contribution in [0.3, 0.4) is 0 Å². The van der Waals surface area contributed by atoms with Gasteiger partial charge in [0.15, 0.2) is 12.2 Å². The molecule has 0 amide bonds. The molecule has 0 aliphatic heterocycles. The number of aliphatic hydroxyl groups is 1. The zero-order valence-electron chi connectivity index (χ0n) is 69.3. The van der Waals surface area contributed by atoms with Crippen molar-refractivity contribution in [2.45, 2.75) is 316 Å². The molecule has 3 N–H and O–H groups in total. The lowest BCUT2D eigenvalue weighted by Gasteiger charge is -2.21. The number of rotatable bonds is 77. The van der Waals surface area contributed by atoms with E-state index in [1.807, 2.05) is 18.2 Å². The van der Waals surface area contributed by atoms with Gasteiger partial charge in [0.1, 0.15) is 19.3 Å². The van der Waals surface area contributed by atoms with E-state index in [-0.39, 0.29) is 25.7 Å². The molecule has 0 aliphatic rings. The van der Waals surface area contributed by atoms with Gasteiger partial charge in [-0.1, -0.05) is 305 Å². The molecular formula is C93H148O17P2. The van der Waals surface area contributed by atoms with E-state index in [4.69, 9.17) is 37.0 Å². The third-order valence-electron chi connectivity index (χ3n) is 16.7. The highest BCUT2D eigenvalue weighted by molar-refractivity contribution is 7.47. The summed E-state index contributed by atoms with van der Waals surface area (Å²) < 4.78 is 68.7. The lowest BCUT2D eigenvalue weighted by molar-refractivity contribution is -0.161. The van der Waals surface area contributed by atoms with Crippen LogP contribution in [0.5, 0.6) is 0 Å². The van der Waals surface area contributed by atoms with E-state index in [9.17, 15) is 43.2 Å². The highest BCUT2D eigenvalue weighted by Gasteiger charge is 2.30. The van der Waals surface area contributed by atoms with Gasteiger partial charge in [0.05, 0.1) is 26.4 Å². The number of allylic oxidation sites excluding steroid dienone is 34. The van der Waals surface area contributed by atoms with Gasteiger partial charge in [0.25, 0.3) is 0 Å². The molecule has 0 fully saturated rings. The van der Waals surface area contributed by atoms with Gasteiger partial charge in [0, 0.05) is 25.7 Å². The maximum atomic E-state index is 13.1. The van der Waals surface area contributed by atoms with Crippen LogP contribution >= 0.6 is 15.6 Å². The second-order valence-corrected chi connectivity index (χ2v) is 30.1. The van der Waals surface area contributed by atoms with E-state index in [1.54, 1.807) is 0 Å². The van der Waals surface area contributed by atoms with Crippen LogP contribution in [0.25, 0.3) is 0 Å². The van der Waals surface area contributed by atoms with Crippen molar-refractivity contribution in [2.24, 2.45) is 0 Å². The maximum Gasteiger partial charge on any atom is 0.472 e. The number of esters is 4. The monoisotopic (exact) mass is 1600 g/mol. The topological polar surface area (TPSA) is 237 Å². The maximum absolute atomic E-state index is 13.1. The molecule has 5 unspecified atom stereocenters. The Labute approximate surface area is 678 Å². The number of carbonyl (C=O) groups is 4. The molecule has 0 saturated heterocycles. The van der Waals surface area contributed by atoms with Gasteiger partial charge in [0.2, 0.25) is 0 Å². The minimum absolute atomic E-state index is 0.0242. The molecule has 5 atom stereocenters. The molecule has 17 nitrogen and oxygen atoms in total. The van der Waals surface area contributed by atoms with Crippen molar-refractivity contribution in [3.8, 4) is 0 Å². The summed E-state index contributed by atoms with van der Waals surface area (Å²) >= 11 is 0. The van der Waals surface area contributed by atoms with E-state index in [1.165, 1.54) is 0 Å². The highest BCUT2D eigenvalue weighted by atomic mass is 31.2. The Morgan fingerprint density at radius 3 is 0.723 bits per heavy atom. The molecule has 0 bridgehead atoms. The third kappa shape index (κ3) is 81.6. The Morgan fingerprint density at radius 2 is 0.455 bits per heavy atom. The fourth-order valence-electron chi connectivity index (χ4n) is 10.5. The second-order valence-electron chi connectivity index (χ2n) is 27.2. The lowest BCUT2D eigenvalue weighted by atomic mass is 10.1. The van der Waals surface area contributed by atoms with Gasteiger partial charge in [-0.15, -0.1) is 0 Å². The van der Waals surface area contributed by atoms with E-state index in [0.717, 1.165) is 212 Å². The van der Waals surface area contributed by atoms with Crippen LogP contribution in [0, 0.1) is 0 Å². The van der Waals surface area contributed by atoms with Gasteiger partial charge >= 0.3 is 39.5 Å². The number of ether oxygens (including phenoxy) is 4. The molecule has 0 aromatic carbocycles. The zero-order valence-corrected chi connectivity index (χ0v) is 71.0. The van der Waals surface area contributed by atoms with Crippen LogP contribution in [-0.4, -0.2) is 96.7 Å². The van der Waals surface area contributed by atoms with E-state index >= 15 is 0 Å². The minimum atomic E-state index is -5.02. The minimum Gasteiger partial charge on any atom is -0.462 e. The Hall–Kier alpha value is -6.36. The fraction of sp³-hybridized carbons (Fsp3) is 0.591. The number of carbonyl (C=O) groups excluding carboxylic acids is 4. The Bertz CT molecular complexity index is 2940. The first-order valence-electron chi connectivity index (χ1n) is 42.3. The van der Waals surface area contributed by atoms with Gasteiger partial charge in [-0.3, -0.25) is 37.3 Å². The van der Waals surface area contributed by atoms with Crippen molar-refractivity contribution in [3.63, 3.8) is 0 Å². The molecule has 0 saturated carbocycles. The predicted molar refractivity (Wildman–Crippen MR) is 463 cm³/mol. The second kappa shape index (κ2) is 82.6. The number of phosphoric ester groups is 2. The molecular weight excluding hydrogens is 1450 g/mol. The van der Waals surface area contributed by atoms with Crippen LogP contribution in [-0.2, 0) is 65.4 Å². The molecule has 632 valence electrons. The SMILES string of the molecule is CC/C=C\C/C=C\C/C=C\C/C=C\C/C=C\C/C=C\CCC(=O)OCC(COP(=O)(O)OCC(O)COP(=O)(O)OCC(COC(=O)CCCCCCCC/C=C\C/C=C\C/C=C\C/C=C\CC)OC(=O)CCCCCCC/C=C\C/C=C\C/C=C\CC)OC(=O)CCCCCCCC/C=C\C/C=C\C/C=C\C/C=C\CC. The Kier molecular flexibility index (Phi) is 77.9. The first-order valence-corrected chi connectivity index (χ1v) is 45.3. The number of phosphoric acid groups is 2. The zero-order chi connectivity index (χ0) is 81.7. The molecule has 0 radical (unpaired) electrons. The van der Waals surface area contributed by atoms with Crippen molar-refractivity contribution in [1.82, 2.24) is 0 Å². The smallest absolute Gasteiger partial charge is 0.462 e. The molecule has 0 aliphatic carbocycles. The summed E-state index contributed by atoms with van der Waals surface area (Å²) in [6.45, 7) is 4.28. The quantitative estimate of drug-likeness (QED) is 0.0169. The van der Waals surface area contributed by atoms with E-state index in [0.29, 0.717) is 32.1 Å². The molecule has 0 heterocycles. The molecule has 0 aromatic rings. The largest absolute Gasteiger partial charge is 0.472 e. The molecule has 0 rings (SSSR count). The van der Waals surface area contributed by atoms with Crippen molar-refractivity contribution in [3.05, 3.63) is 207 Å². The van der Waals surface area contributed by atoms with Crippen molar-refractivity contribution in [2.75, 3.05) is 39.6 Å². The van der Waals surface area contributed by atoms with E-state index < -0.39 is 97.5 Å². The standard InChI is InChI=1S/C93H148O17P2/c1-5-9-13-17-21-25-29-33-37-40-43-46-50-53-57-61-65-69-73-77-90(95)103-83-88(109-92(97)79-75-71-67-63-59-55-49-36-32-28-24-20-16-12-8-4)85-107-111(99,100)105-81-87(94)82-106-112(101,102)108-86-89(110-93(98)80-76-72-68-64-60-56-52-48-45-42-39-35-31-27-23-19-15-11-7-3)84-104-91(96)78-74-70-66-62-58-54-51-47-44-41-38-34-30-26-22-18-14-10-6-2/h9-16,21-28,33-39,43-49,54,58,66,70,87-89,94H,5-8,17-20,29-32,40-42,50-53,55-57,59-65,67-69,71-86H2,1-4H3,(H,99,100)(H,101,102)/b13-9-,14-10-,15-11-,16-12-,25-21-,26-22-,27-23-,28-24-,37-33-,38-34-,39-35-,46-43-,47-44-,48-45-,49-36-,58-54-,70-66-. The van der Waals surface area contributed by atoms with Gasteiger partial charge in [-0.25, -0.2) is 9.13 Å². The summed E-state index contributed by atoms with van der Waals surface area (Å²) in [5.41, 5.74) is 0. The van der Waals surface area contributed by atoms with Gasteiger partial charge in [-0.05, 0) is 173 Å². The molecule has 19 heteroatoms. The van der Waals surface area contributed by atoms with Crippen LogP contribution in [0.1, 0.15) is 297 Å². The summed E-state index contributed by atoms with van der Waals surface area (Å²) in [6.07, 6.45) is 104. The highest BCUT2D eigenvalue weighted by Crippen LogP contribution is 2.45. The first-order chi connectivity index (χ1) is 54.7. The Balaban J connectivity index is 5.51. The lowest BCUT2D eigenvalue weighted by Crippen LogP contribution is -2.30. The number of unbranched alkanes of at least 4 members (excludes halogenated alkanes) is 17. The summed E-state index contributed by atoms with van der Waals surface area (Å²) in [5, 5.41) is 10.7. The fourth-order valence-corrected chi connectivity index (χ4v) is 12.1. The van der Waals surface area contributed by atoms with Crippen molar-refractivity contribution >= 4 is 39.5 Å². The van der Waals surface area contributed by atoms with Crippen LogP contribution < -0.4 is 0 Å². The van der Waals surface area contributed by atoms with Crippen LogP contribution in [0.4, 0.5) is 0 Å². The van der Waals surface area contributed by atoms with Crippen molar-refractivity contribution in [1.29, 1.82) is 0 Å². The number of aliphatic hydroxyl groups excluding tert-OH is 1. The third-order valence-corrected chi connectivity index (χ3v) is 18.6. The number of hydrogen-bond acceptors (Lipinski definition) is 15. The average molecular weight is 1600 g/mol. The summed E-state index contributed by atoms with van der Waals surface area (Å²) in [5.74, 6) is -2.34. The molecule has 0 spiro atoms. The summed E-state index contributed by atoms with van der Waals surface area (Å²) in [6, 6.07) is 0. The number of hydrogen-bond donors (Lipinski definition) is 3.